The van der Waals surface area contributed by atoms with E-state index in [4.69, 9.17) is 30.0 Å². The summed E-state index contributed by atoms with van der Waals surface area (Å²) in [5, 5.41) is 22.0. The molecule has 0 saturated carbocycles. The molecular weight excluding hydrogens is 598 g/mol. The number of nitrogens with zero attached hydrogens (tertiary/aromatic N) is 7. The predicted octanol–water partition coefficient (Wildman–Crippen LogP) is -0.862. The van der Waals surface area contributed by atoms with Gasteiger partial charge in [0.2, 0.25) is 5.95 Å². The van der Waals surface area contributed by atoms with Gasteiger partial charge in [0.05, 0.1) is 38.1 Å². The molecule has 0 amide bonds. The highest BCUT2D eigenvalue weighted by Crippen LogP contribution is 2.49. The average molecular weight is 626 g/mol. The van der Waals surface area contributed by atoms with Crippen molar-refractivity contribution in [3.8, 4) is 0 Å². The Kier molecular flexibility index (Phi) is 7.63. The average Bonchev–Trinajstić information content (AvgIpc) is 3.69. The summed E-state index contributed by atoms with van der Waals surface area (Å²) < 4.78 is 53.7. The van der Waals surface area contributed by atoms with Gasteiger partial charge in [-0.3, -0.25) is 28.0 Å². The number of aliphatic hydroxyl groups is 2. The molecule has 0 radical (unpaired) electrons. The second-order valence-electron chi connectivity index (χ2n) is 10.2. The van der Waals surface area contributed by atoms with Crippen molar-refractivity contribution in [3.05, 3.63) is 29.3 Å². The van der Waals surface area contributed by atoms with Crippen molar-refractivity contribution in [2.75, 3.05) is 24.7 Å². The predicted molar refractivity (Wildman–Crippen MR) is 143 cm³/mol. The smallest absolute Gasteiger partial charge is 0.390 e. The van der Waals surface area contributed by atoms with E-state index in [2.05, 4.69) is 29.9 Å². The van der Waals surface area contributed by atoms with Crippen LogP contribution in [-0.4, -0.2) is 97.9 Å². The maximum Gasteiger partial charge on any atom is 0.472 e. The van der Waals surface area contributed by atoms with Crippen LogP contribution in [0.25, 0.3) is 22.3 Å². The molecule has 4 aromatic heterocycles. The number of hydrogen-bond acceptors (Lipinski definition) is 15. The molecule has 0 aliphatic carbocycles. The fourth-order valence-corrected chi connectivity index (χ4v) is 6.02. The lowest BCUT2D eigenvalue weighted by Gasteiger charge is -2.34. The first-order chi connectivity index (χ1) is 20.4. The lowest BCUT2D eigenvalue weighted by atomic mass is 9.94. The number of anilines is 2. The fraction of sp³-hybridized carbons (Fsp3) is 0.545. The number of aliphatic hydroxyl groups excluding tert-OH is 2. The number of phosphoric acid groups is 1. The maximum atomic E-state index is 15.9. The normalized spacial score (nSPS) is 33.2. The van der Waals surface area contributed by atoms with Crippen LogP contribution in [0.2, 0.25) is 0 Å². The summed E-state index contributed by atoms with van der Waals surface area (Å²) in [7, 11) is -5.11. The molecular formula is C22H28FN10O9P. The molecule has 2 aliphatic heterocycles. The number of nitrogens with one attached hydrogen (secondary N) is 1. The molecule has 2 aliphatic rings. The maximum absolute atomic E-state index is 15.9. The van der Waals surface area contributed by atoms with E-state index in [1.165, 1.54) is 19.6 Å². The summed E-state index contributed by atoms with van der Waals surface area (Å²) in [6, 6.07) is 0. The van der Waals surface area contributed by atoms with E-state index in [-0.39, 0.29) is 36.0 Å². The summed E-state index contributed by atoms with van der Waals surface area (Å²) in [4.78, 5) is 45.1. The van der Waals surface area contributed by atoms with E-state index in [0.717, 1.165) is 10.9 Å². The van der Waals surface area contributed by atoms with E-state index >= 15 is 4.39 Å². The van der Waals surface area contributed by atoms with Gasteiger partial charge < -0.3 is 36.0 Å². The van der Waals surface area contributed by atoms with Crippen LogP contribution in [0.5, 0.6) is 0 Å². The molecule has 43 heavy (non-hydrogen) atoms. The van der Waals surface area contributed by atoms with Crippen LogP contribution in [0, 0.1) is 5.92 Å². The number of phosphoric ester groups is 1. The van der Waals surface area contributed by atoms with Crippen molar-refractivity contribution in [1.29, 1.82) is 0 Å². The van der Waals surface area contributed by atoms with Gasteiger partial charge in [0.15, 0.2) is 28.9 Å². The largest absolute Gasteiger partial charge is 0.472 e. The first kappa shape index (κ1) is 29.5. The van der Waals surface area contributed by atoms with Gasteiger partial charge in [-0.15, -0.1) is 0 Å². The third kappa shape index (κ3) is 5.47. The van der Waals surface area contributed by atoms with Crippen LogP contribution in [0.1, 0.15) is 25.8 Å². The van der Waals surface area contributed by atoms with Crippen molar-refractivity contribution in [2.45, 2.75) is 56.4 Å². The molecule has 0 spiro atoms. The molecule has 0 aromatic carbocycles. The summed E-state index contributed by atoms with van der Waals surface area (Å²) in [6.07, 6.45) is -6.49. The Labute approximate surface area is 240 Å². The molecule has 4 aromatic rings. The van der Waals surface area contributed by atoms with Gasteiger partial charge in [-0.25, -0.2) is 28.9 Å². The van der Waals surface area contributed by atoms with Crippen LogP contribution in [-0.2, 0) is 23.1 Å². The highest BCUT2D eigenvalue weighted by molar-refractivity contribution is 7.47. The summed E-state index contributed by atoms with van der Waals surface area (Å²) in [5.74, 6) is -1.45. The van der Waals surface area contributed by atoms with Gasteiger partial charge in [-0.2, -0.15) is 4.98 Å². The number of nitrogen functional groups attached to an aromatic ring is 2. The van der Waals surface area contributed by atoms with Gasteiger partial charge in [-0.05, 0) is 0 Å². The lowest BCUT2D eigenvalue weighted by molar-refractivity contribution is -0.122. The molecule has 0 bridgehead atoms. The van der Waals surface area contributed by atoms with Crippen LogP contribution < -0.4 is 17.0 Å². The molecule has 7 unspecified atom stereocenters. The van der Waals surface area contributed by atoms with Crippen molar-refractivity contribution in [3.63, 3.8) is 0 Å². The monoisotopic (exact) mass is 626 g/mol. The second-order valence-corrected chi connectivity index (χ2v) is 11.6. The number of fused-ring (bicyclic) bond motifs is 3. The topological polar surface area (TPSA) is 274 Å². The molecule has 2 saturated heterocycles. The molecule has 21 heteroatoms. The standard InChI is InChI=1S/C22H28FN10O9P/c1-8-9(34)3-39-10-2-12(32-6-28-14-17(24)26-5-27-18(14)32)41-11(10)4-40-43(37,38)42-16(13(8)23)21(36)33-7-29-15-19(33)30-22(25)31-20(15)35/h5-13,16,21,34,36H,2-4H2,1H3,(H,37,38)(H2,24,26,27)(H3,25,30,31,35)/t8?,9?,10-,11?,12-,13?,16?,21?/m1/s1. The molecule has 232 valence electrons. The highest BCUT2D eigenvalue weighted by Gasteiger charge is 2.46. The summed E-state index contributed by atoms with van der Waals surface area (Å²) in [5.41, 5.74) is 11.0. The minimum absolute atomic E-state index is 0.163. The van der Waals surface area contributed by atoms with Crippen LogP contribution in [0.4, 0.5) is 16.2 Å². The van der Waals surface area contributed by atoms with Gasteiger partial charge in [0, 0.05) is 12.3 Å². The van der Waals surface area contributed by atoms with E-state index in [9.17, 15) is 24.5 Å². The minimum atomic E-state index is -5.11. The molecule has 6 rings (SSSR count). The zero-order valence-corrected chi connectivity index (χ0v) is 23.3. The van der Waals surface area contributed by atoms with Crippen molar-refractivity contribution < 1.29 is 42.6 Å². The number of nitrogens with two attached hydrogens (primary N) is 2. The Morgan fingerprint density at radius 1 is 1.14 bits per heavy atom. The fourth-order valence-electron chi connectivity index (χ4n) is 5.09. The van der Waals surface area contributed by atoms with Crippen molar-refractivity contribution in [1.82, 2.24) is 39.0 Å². The number of ether oxygens (including phenoxy) is 2. The highest BCUT2D eigenvalue weighted by atomic mass is 31.2. The zero-order chi connectivity index (χ0) is 30.6. The minimum Gasteiger partial charge on any atom is -0.390 e. The Morgan fingerprint density at radius 2 is 1.91 bits per heavy atom. The SMILES string of the molecule is CC1C(O)CO[C@@H]2C[C@H](n3cnc4c(N)ncnc43)OC2COP(=O)(O)OC(C(O)n2cnc3c(=O)[nH]c(N)nc32)C1F. The molecule has 6 heterocycles. The number of imidazole rings is 2. The van der Waals surface area contributed by atoms with E-state index < -0.39 is 69.0 Å². The number of H-pyrrole nitrogens is 1. The van der Waals surface area contributed by atoms with E-state index in [1.54, 1.807) is 4.57 Å². The number of alkyl halides is 1. The Morgan fingerprint density at radius 3 is 2.70 bits per heavy atom. The van der Waals surface area contributed by atoms with Gasteiger partial charge >= 0.3 is 7.82 Å². The van der Waals surface area contributed by atoms with Gasteiger partial charge in [-0.1, -0.05) is 6.92 Å². The van der Waals surface area contributed by atoms with Crippen LogP contribution in [0.3, 0.4) is 0 Å². The Balaban J connectivity index is 1.28. The Bertz CT molecular complexity index is 1750. The lowest BCUT2D eigenvalue weighted by Crippen LogP contribution is -2.44. The third-order valence-electron chi connectivity index (χ3n) is 7.47. The van der Waals surface area contributed by atoms with E-state index in [0.29, 0.717) is 11.2 Å². The molecule has 2 fully saturated rings. The van der Waals surface area contributed by atoms with Crippen LogP contribution in [0.15, 0.2) is 23.8 Å². The molecule has 9 atom stereocenters. The molecule has 19 nitrogen and oxygen atoms in total. The molecule has 8 N–H and O–H groups in total. The quantitative estimate of drug-likeness (QED) is 0.151. The number of rotatable bonds is 3. The first-order valence-corrected chi connectivity index (χ1v) is 14.5. The van der Waals surface area contributed by atoms with Gasteiger partial charge in [0.25, 0.3) is 5.56 Å². The summed E-state index contributed by atoms with van der Waals surface area (Å²) >= 11 is 0. The second kappa shape index (κ2) is 11.1. The van der Waals surface area contributed by atoms with Crippen molar-refractivity contribution in [2.24, 2.45) is 5.92 Å². The van der Waals surface area contributed by atoms with Gasteiger partial charge in [0.1, 0.15) is 36.5 Å². The zero-order valence-electron chi connectivity index (χ0n) is 22.4. The van der Waals surface area contributed by atoms with Crippen molar-refractivity contribution >= 4 is 41.9 Å². The number of aromatic amines is 1. The summed E-state index contributed by atoms with van der Waals surface area (Å²) in [6.45, 7) is 0.391. The van der Waals surface area contributed by atoms with Crippen LogP contribution >= 0.6 is 7.82 Å². The third-order valence-corrected chi connectivity index (χ3v) is 8.45. The first-order valence-electron chi connectivity index (χ1n) is 13.0. The number of aromatic nitrogens is 8. The Hall–Kier alpha value is -3.62. The number of hydrogen-bond donors (Lipinski definition) is 6. The van der Waals surface area contributed by atoms with E-state index in [1.807, 2.05) is 0 Å². The number of halogens is 1.